The first-order chi connectivity index (χ1) is 12.8. The van der Waals surface area contributed by atoms with E-state index in [2.05, 4.69) is 4.98 Å². The van der Waals surface area contributed by atoms with Crippen LogP contribution in [0.3, 0.4) is 0 Å². The molecule has 138 valence electrons. The number of aryl methyl sites for hydroxylation is 3. The molecule has 0 saturated carbocycles. The average molecular weight is 364 g/mol. The molecule has 27 heavy (non-hydrogen) atoms. The normalized spacial score (nSPS) is 16.3. The zero-order chi connectivity index (χ0) is 19.5. The van der Waals surface area contributed by atoms with Gasteiger partial charge in [-0.05, 0) is 43.9 Å². The van der Waals surface area contributed by atoms with Gasteiger partial charge < -0.3 is 14.3 Å². The van der Waals surface area contributed by atoms with Gasteiger partial charge in [0.05, 0.1) is 17.5 Å². The number of carbonyl (C=O) groups excluding carboxylic acids is 1. The average Bonchev–Trinajstić information content (AvgIpc) is 2.59. The third kappa shape index (κ3) is 2.68. The number of nitrogens with zero attached hydrogens (tertiary/aromatic N) is 1. The number of aromatic nitrogens is 2. The molecule has 4 rings (SSSR count). The summed E-state index contributed by atoms with van der Waals surface area (Å²) in [5.41, 5.74) is 3.74. The molecule has 1 aromatic carbocycles. The van der Waals surface area contributed by atoms with Gasteiger partial charge in [-0.3, -0.25) is 14.4 Å². The lowest BCUT2D eigenvalue weighted by molar-refractivity contribution is -0.135. The number of rotatable bonds is 1. The summed E-state index contributed by atoms with van der Waals surface area (Å²) in [6.07, 6.45) is -0.0370. The van der Waals surface area contributed by atoms with Crippen LogP contribution in [-0.2, 0) is 11.8 Å². The molecule has 0 saturated heterocycles. The Hall–Kier alpha value is -3.15. The summed E-state index contributed by atoms with van der Waals surface area (Å²) in [6, 6.07) is 7.45. The van der Waals surface area contributed by atoms with Crippen molar-refractivity contribution in [2.24, 2.45) is 7.05 Å². The number of hydrogen-bond donors (Lipinski definition) is 1. The number of carbonyl (C=O) groups is 1. The van der Waals surface area contributed by atoms with Gasteiger partial charge in [-0.2, -0.15) is 0 Å². The molecule has 1 N–H and O–H groups in total. The second-order valence-corrected chi connectivity index (χ2v) is 7.26. The monoisotopic (exact) mass is 364 g/mol. The number of benzene rings is 1. The molecule has 1 aliphatic heterocycles. The number of hydrogen-bond acceptors (Lipinski definition) is 4. The van der Waals surface area contributed by atoms with Crippen LogP contribution < -0.4 is 15.9 Å². The summed E-state index contributed by atoms with van der Waals surface area (Å²) >= 11 is 0. The highest BCUT2D eigenvalue weighted by Gasteiger charge is 2.33. The van der Waals surface area contributed by atoms with Crippen molar-refractivity contribution in [2.45, 2.75) is 33.1 Å². The summed E-state index contributed by atoms with van der Waals surface area (Å²) in [6.45, 7) is 5.70. The maximum atomic E-state index is 12.9. The molecule has 0 aliphatic carbocycles. The highest BCUT2D eigenvalue weighted by molar-refractivity contribution is 5.84. The third-order valence-corrected chi connectivity index (χ3v) is 5.31. The lowest BCUT2D eigenvalue weighted by atomic mass is 9.86. The minimum absolute atomic E-state index is 0.0370. The molecular weight excluding hydrogens is 344 g/mol. The van der Waals surface area contributed by atoms with Crippen molar-refractivity contribution in [3.8, 4) is 5.75 Å². The van der Waals surface area contributed by atoms with E-state index < -0.39 is 11.9 Å². The minimum atomic E-state index is -0.630. The Morgan fingerprint density at radius 1 is 1.07 bits per heavy atom. The van der Waals surface area contributed by atoms with Crippen molar-refractivity contribution >= 4 is 16.9 Å². The SMILES string of the molecule is Cc1cc(C)c2[nH]c(=O)c([C@@H]3CC(=O)Oc4cc(C)n(C)c(=O)c43)cc2c1. The summed E-state index contributed by atoms with van der Waals surface area (Å²) in [7, 11) is 1.67. The Balaban J connectivity index is 2.02. The number of pyridine rings is 2. The predicted octanol–water partition coefficient (Wildman–Crippen LogP) is 2.59. The van der Waals surface area contributed by atoms with Crippen LogP contribution in [0.5, 0.6) is 5.75 Å². The minimum Gasteiger partial charge on any atom is -0.426 e. The van der Waals surface area contributed by atoms with E-state index in [1.54, 1.807) is 26.1 Å². The number of nitrogens with one attached hydrogen (secondary N) is 1. The van der Waals surface area contributed by atoms with Gasteiger partial charge >= 0.3 is 5.97 Å². The molecule has 6 nitrogen and oxygen atoms in total. The maximum absolute atomic E-state index is 12.9. The first-order valence-corrected chi connectivity index (χ1v) is 8.81. The number of esters is 1. The van der Waals surface area contributed by atoms with E-state index >= 15 is 0 Å². The number of H-pyrrole nitrogens is 1. The zero-order valence-corrected chi connectivity index (χ0v) is 15.7. The second-order valence-electron chi connectivity index (χ2n) is 7.26. The molecule has 1 aliphatic rings. The van der Waals surface area contributed by atoms with Crippen LogP contribution in [0.1, 0.15) is 40.3 Å². The summed E-state index contributed by atoms with van der Waals surface area (Å²) < 4.78 is 6.81. The number of aromatic amines is 1. The first-order valence-electron chi connectivity index (χ1n) is 8.81. The predicted molar refractivity (Wildman–Crippen MR) is 103 cm³/mol. The van der Waals surface area contributed by atoms with Crippen LogP contribution in [0.4, 0.5) is 0 Å². The zero-order valence-electron chi connectivity index (χ0n) is 15.7. The van der Waals surface area contributed by atoms with Gasteiger partial charge in [0.1, 0.15) is 5.75 Å². The maximum Gasteiger partial charge on any atom is 0.312 e. The molecule has 0 fully saturated rings. The molecule has 0 amide bonds. The fourth-order valence-electron chi connectivity index (χ4n) is 3.88. The van der Waals surface area contributed by atoms with Crippen LogP contribution in [0.25, 0.3) is 10.9 Å². The van der Waals surface area contributed by atoms with Gasteiger partial charge in [0.2, 0.25) is 0 Å². The van der Waals surface area contributed by atoms with Crippen LogP contribution in [-0.4, -0.2) is 15.5 Å². The number of fused-ring (bicyclic) bond motifs is 2. The summed E-state index contributed by atoms with van der Waals surface area (Å²) in [4.78, 5) is 40.8. The van der Waals surface area contributed by atoms with Gasteiger partial charge in [0.25, 0.3) is 11.1 Å². The molecule has 2 aromatic heterocycles. The highest BCUT2D eigenvalue weighted by Crippen LogP contribution is 2.36. The van der Waals surface area contributed by atoms with Crippen molar-refractivity contribution in [1.82, 2.24) is 9.55 Å². The van der Waals surface area contributed by atoms with Crippen LogP contribution in [0.15, 0.2) is 33.9 Å². The van der Waals surface area contributed by atoms with Gasteiger partial charge in [0.15, 0.2) is 0 Å². The number of ether oxygens (including phenoxy) is 1. The van der Waals surface area contributed by atoms with Crippen LogP contribution >= 0.6 is 0 Å². The highest BCUT2D eigenvalue weighted by atomic mass is 16.5. The van der Waals surface area contributed by atoms with Crippen molar-refractivity contribution in [3.63, 3.8) is 0 Å². The topological polar surface area (TPSA) is 81.2 Å². The molecule has 1 atom stereocenters. The second kappa shape index (κ2) is 5.94. The Morgan fingerprint density at radius 3 is 2.56 bits per heavy atom. The smallest absolute Gasteiger partial charge is 0.312 e. The molecule has 3 heterocycles. The fraction of sp³-hybridized carbons (Fsp3) is 0.286. The molecule has 0 spiro atoms. The quantitative estimate of drug-likeness (QED) is 0.673. The summed E-state index contributed by atoms with van der Waals surface area (Å²) in [5.74, 6) is -0.827. The van der Waals surface area contributed by atoms with Crippen molar-refractivity contribution in [1.29, 1.82) is 0 Å². The van der Waals surface area contributed by atoms with Crippen molar-refractivity contribution in [3.05, 3.63) is 72.9 Å². The largest absolute Gasteiger partial charge is 0.426 e. The first kappa shape index (κ1) is 17.3. The van der Waals surface area contributed by atoms with E-state index in [0.29, 0.717) is 16.8 Å². The molecule has 0 unspecified atom stereocenters. The van der Waals surface area contributed by atoms with E-state index in [9.17, 15) is 14.4 Å². The van der Waals surface area contributed by atoms with Gasteiger partial charge in [0, 0.05) is 30.3 Å². The van der Waals surface area contributed by atoms with Crippen molar-refractivity contribution in [2.75, 3.05) is 0 Å². The molecule has 3 aromatic rings. The van der Waals surface area contributed by atoms with Crippen molar-refractivity contribution < 1.29 is 9.53 Å². The van der Waals surface area contributed by atoms with Crippen LogP contribution in [0, 0.1) is 20.8 Å². The van der Waals surface area contributed by atoms with Crippen LogP contribution in [0.2, 0.25) is 0 Å². The molecule has 0 bridgehead atoms. The van der Waals surface area contributed by atoms with E-state index in [1.807, 2.05) is 26.0 Å². The Bertz CT molecular complexity index is 1230. The Kier molecular flexibility index (Phi) is 3.80. The standard InChI is InChI=1S/C21H20N2O4/c1-10-5-11(2)19-13(6-10)8-15(20(25)22-19)14-9-17(24)27-16-7-12(3)23(4)21(26)18(14)16/h5-8,14H,9H2,1-4H3,(H,22,25)/t14-/m0/s1. The molecule has 6 heteroatoms. The third-order valence-electron chi connectivity index (χ3n) is 5.31. The van der Waals surface area contributed by atoms with E-state index in [-0.39, 0.29) is 23.3 Å². The molecule has 0 radical (unpaired) electrons. The lowest BCUT2D eigenvalue weighted by Crippen LogP contribution is -2.34. The van der Waals surface area contributed by atoms with E-state index in [1.165, 1.54) is 4.57 Å². The fourth-order valence-corrected chi connectivity index (χ4v) is 3.88. The van der Waals surface area contributed by atoms with Gasteiger partial charge in [-0.15, -0.1) is 0 Å². The summed E-state index contributed by atoms with van der Waals surface area (Å²) in [5, 5.41) is 0.881. The van der Waals surface area contributed by atoms with Gasteiger partial charge in [-0.1, -0.05) is 11.6 Å². The van der Waals surface area contributed by atoms with E-state index in [0.717, 1.165) is 22.0 Å². The van der Waals surface area contributed by atoms with E-state index in [4.69, 9.17) is 4.74 Å². The molecular formula is C21H20N2O4. The Morgan fingerprint density at radius 2 is 1.81 bits per heavy atom. The van der Waals surface area contributed by atoms with Gasteiger partial charge in [-0.25, -0.2) is 0 Å². The Labute approximate surface area is 155 Å². The lowest BCUT2D eigenvalue weighted by Gasteiger charge is -2.25.